The first-order chi connectivity index (χ1) is 8.58. The summed E-state index contributed by atoms with van der Waals surface area (Å²) in [4.78, 5) is 2.78. The number of rotatable bonds is 7. The van der Waals surface area contributed by atoms with Crippen molar-refractivity contribution < 1.29 is 0 Å². The van der Waals surface area contributed by atoms with Gasteiger partial charge in [-0.1, -0.05) is 34.1 Å². The second kappa shape index (κ2) is 8.16. The molecule has 0 aliphatic carbocycles. The van der Waals surface area contributed by atoms with Crippen molar-refractivity contribution in [2.45, 2.75) is 84.8 Å². The average Bonchev–Trinajstić information content (AvgIpc) is 2.36. The largest absolute Gasteiger partial charge is 0.311 e. The molecule has 1 fully saturated rings. The summed E-state index contributed by atoms with van der Waals surface area (Å²) >= 11 is 0. The second-order valence-electron chi connectivity index (χ2n) is 6.47. The van der Waals surface area contributed by atoms with Crippen LogP contribution in [0, 0.1) is 5.92 Å². The van der Waals surface area contributed by atoms with E-state index in [1.807, 2.05) is 0 Å². The van der Waals surface area contributed by atoms with Crippen LogP contribution in [0.4, 0.5) is 0 Å². The van der Waals surface area contributed by atoms with Crippen LogP contribution in [0.3, 0.4) is 0 Å². The van der Waals surface area contributed by atoms with Crippen molar-refractivity contribution >= 4 is 0 Å². The molecule has 1 aliphatic heterocycles. The molecule has 2 nitrogen and oxygen atoms in total. The Balaban J connectivity index is 2.50. The van der Waals surface area contributed by atoms with Gasteiger partial charge in [0.15, 0.2) is 0 Å². The average molecular weight is 254 g/mol. The van der Waals surface area contributed by atoms with Gasteiger partial charge in [0, 0.05) is 31.2 Å². The molecule has 0 spiro atoms. The number of hydrogen-bond acceptors (Lipinski definition) is 2. The Hall–Kier alpha value is -0.0800. The van der Waals surface area contributed by atoms with E-state index >= 15 is 0 Å². The van der Waals surface area contributed by atoms with E-state index in [9.17, 15) is 0 Å². The maximum absolute atomic E-state index is 3.73. The summed E-state index contributed by atoms with van der Waals surface area (Å²) in [6.45, 7) is 14.2. The topological polar surface area (TPSA) is 15.3 Å². The zero-order valence-corrected chi connectivity index (χ0v) is 13.2. The maximum Gasteiger partial charge on any atom is 0.0221 e. The van der Waals surface area contributed by atoms with Crippen LogP contribution in [0.25, 0.3) is 0 Å². The van der Waals surface area contributed by atoms with Gasteiger partial charge >= 0.3 is 0 Å². The first-order valence-corrected chi connectivity index (χ1v) is 8.07. The Morgan fingerprint density at radius 1 is 1.17 bits per heavy atom. The van der Waals surface area contributed by atoms with E-state index < -0.39 is 0 Å². The van der Waals surface area contributed by atoms with Gasteiger partial charge in [0.1, 0.15) is 0 Å². The normalized spacial score (nSPS) is 27.7. The molecule has 2 heteroatoms. The minimum absolute atomic E-state index is 0.722. The molecule has 1 heterocycles. The standard InChI is InChI=1S/C16H34N2/c1-6-8-15-12-18(16(7-2)11-17-15)14(5)10-9-13(3)4/h13-17H,6-12H2,1-5H3. The predicted octanol–water partition coefficient (Wildman–Crippen LogP) is 3.66. The van der Waals surface area contributed by atoms with Gasteiger partial charge in [-0.25, -0.2) is 0 Å². The fourth-order valence-electron chi connectivity index (χ4n) is 3.09. The molecule has 0 bridgehead atoms. The summed E-state index contributed by atoms with van der Waals surface area (Å²) in [5.74, 6) is 0.835. The van der Waals surface area contributed by atoms with Crippen LogP contribution in [0.5, 0.6) is 0 Å². The van der Waals surface area contributed by atoms with Crippen LogP contribution >= 0.6 is 0 Å². The third-order valence-electron chi connectivity index (χ3n) is 4.38. The molecular weight excluding hydrogens is 220 g/mol. The van der Waals surface area contributed by atoms with Crippen LogP contribution in [0.15, 0.2) is 0 Å². The molecule has 18 heavy (non-hydrogen) atoms. The summed E-state index contributed by atoms with van der Waals surface area (Å²) in [5.41, 5.74) is 0. The third-order valence-corrected chi connectivity index (χ3v) is 4.38. The van der Waals surface area contributed by atoms with Crippen molar-refractivity contribution in [3.63, 3.8) is 0 Å². The lowest BCUT2D eigenvalue weighted by Gasteiger charge is -2.44. The van der Waals surface area contributed by atoms with E-state index in [0.717, 1.165) is 24.0 Å². The first-order valence-electron chi connectivity index (χ1n) is 8.07. The Morgan fingerprint density at radius 2 is 1.89 bits per heavy atom. The van der Waals surface area contributed by atoms with Gasteiger partial charge in [-0.2, -0.15) is 0 Å². The molecule has 0 aromatic heterocycles. The number of nitrogens with zero attached hydrogens (tertiary/aromatic N) is 1. The Bertz CT molecular complexity index is 215. The fraction of sp³-hybridized carbons (Fsp3) is 1.00. The summed E-state index contributed by atoms with van der Waals surface area (Å²) in [5, 5.41) is 3.73. The number of hydrogen-bond donors (Lipinski definition) is 1. The smallest absolute Gasteiger partial charge is 0.0221 e. The van der Waals surface area contributed by atoms with Gasteiger partial charge < -0.3 is 5.32 Å². The highest BCUT2D eigenvalue weighted by molar-refractivity contribution is 4.88. The highest BCUT2D eigenvalue weighted by atomic mass is 15.2. The molecule has 0 radical (unpaired) electrons. The van der Waals surface area contributed by atoms with Crippen molar-refractivity contribution in [3.8, 4) is 0 Å². The van der Waals surface area contributed by atoms with E-state index in [4.69, 9.17) is 0 Å². The number of nitrogens with one attached hydrogen (secondary N) is 1. The van der Waals surface area contributed by atoms with Gasteiger partial charge in [-0.05, 0) is 38.5 Å². The van der Waals surface area contributed by atoms with Gasteiger partial charge in [0.25, 0.3) is 0 Å². The summed E-state index contributed by atoms with van der Waals surface area (Å²) in [6, 6.07) is 2.22. The molecule has 108 valence electrons. The zero-order valence-electron chi connectivity index (χ0n) is 13.2. The van der Waals surface area contributed by atoms with Crippen LogP contribution in [0.1, 0.15) is 66.7 Å². The van der Waals surface area contributed by atoms with E-state index in [0.29, 0.717) is 0 Å². The number of piperazine rings is 1. The lowest BCUT2D eigenvalue weighted by atomic mass is 9.97. The third kappa shape index (κ3) is 4.89. The van der Waals surface area contributed by atoms with Crippen molar-refractivity contribution in [3.05, 3.63) is 0 Å². The van der Waals surface area contributed by atoms with Crippen molar-refractivity contribution in [2.24, 2.45) is 5.92 Å². The SMILES string of the molecule is CCCC1CN(C(C)CCC(C)C)C(CC)CN1. The summed E-state index contributed by atoms with van der Waals surface area (Å²) < 4.78 is 0. The second-order valence-corrected chi connectivity index (χ2v) is 6.47. The van der Waals surface area contributed by atoms with Crippen molar-refractivity contribution in [1.29, 1.82) is 0 Å². The monoisotopic (exact) mass is 254 g/mol. The lowest BCUT2D eigenvalue weighted by Crippen LogP contribution is -2.58. The maximum atomic E-state index is 3.73. The van der Waals surface area contributed by atoms with Crippen LogP contribution in [0.2, 0.25) is 0 Å². The Labute approximate surface area is 115 Å². The summed E-state index contributed by atoms with van der Waals surface area (Å²) in [7, 11) is 0. The van der Waals surface area contributed by atoms with Gasteiger partial charge in [-0.15, -0.1) is 0 Å². The Morgan fingerprint density at radius 3 is 2.44 bits per heavy atom. The molecule has 0 amide bonds. The van der Waals surface area contributed by atoms with Crippen LogP contribution < -0.4 is 5.32 Å². The molecule has 1 rings (SSSR count). The van der Waals surface area contributed by atoms with Crippen molar-refractivity contribution in [1.82, 2.24) is 10.2 Å². The minimum atomic E-state index is 0.722. The minimum Gasteiger partial charge on any atom is -0.311 e. The zero-order chi connectivity index (χ0) is 13.5. The first kappa shape index (κ1) is 16.0. The van der Waals surface area contributed by atoms with E-state index in [-0.39, 0.29) is 0 Å². The fourth-order valence-corrected chi connectivity index (χ4v) is 3.09. The molecule has 1 saturated heterocycles. The molecule has 1 N–H and O–H groups in total. The quantitative estimate of drug-likeness (QED) is 0.746. The van der Waals surface area contributed by atoms with E-state index in [2.05, 4.69) is 44.8 Å². The lowest BCUT2D eigenvalue weighted by molar-refractivity contribution is 0.0772. The van der Waals surface area contributed by atoms with Crippen LogP contribution in [-0.2, 0) is 0 Å². The summed E-state index contributed by atoms with van der Waals surface area (Å²) in [6.07, 6.45) is 6.61. The van der Waals surface area contributed by atoms with Crippen LogP contribution in [-0.4, -0.2) is 36.1 Å². The van der Waals surface area contributed by atoms with E-state index in [1.165, 1.54) is 45.2 Å². The van der Waals surface area contributed by atoms with E-state index in [1.54, 1.807) is 0 Å². The molecule has 3 unspecified atom stereocenters. The molecule has 0 saturated carbocycles. The highest BCUT2D eigenvalue weighted by Gasteiger charge is 2.29. The van der Waals surface area contributed by atoms with Crippen molar-refractivity contribution in [2.75, 3.05) is 13.1 Å². The van der Waals surface area contributed by atoms with Gasteiger partial charge in [-0.3, -0.25) is 4.90 Å². The predicted molar refractivity (Wildman–Crippen MR) is 81.0 cm³/mol. The Kier molecular flexibility index (Phi) is 7.25. The van der Waals surface area contributed by atoms with Gasteiger partial charge in [0.05, 0.1) is 0 Å². The molecule has 0 aromatic rings. The molecule has 1 aliphatic rings. The molecule has 3 atom stereocenters. The molecule has 0 aromatic carbocycles. The molecular formula is C16H34N2. The highest BCUT2D eigenvalue weighted by Crippen LogP contribution is 2.20. The van der Waals surface area contributed by atoms with Gasteiger partial charge in [0.2, 0.25) is 0 Å².